The second-order valence-electron chi connectivity index (χ2n) is 3.81. The largest absolute Gasteiger partial charge is 0.396 e. The molecule has 0 aliphatic heterocycles. The Balaban J connectivity index is 2.98. The van der Waals surface area contributed by atoms with E-state index in [1.165, 1.54) is 0 Å². The molecule has 0 radical (unpaired) electrons. The van der Waals surface area contributed by atoms with Crippen molar-refractivity contribution < 1.29 is 13.6 Å². The van der Waals surface area contributed by atoms with E-state index < -0.39 is 29.1 Å². The Morgan fingerprint density at radius 3 is 2.78 bits per heavy atom. The second kappa shape index (κ2) is 6.01. The van der Waals surface area contributed by atoms with Gasteiger partial charge in [-0.2, -0.15) is 0 Å². The fourth-order valence-electron chi connectivity index (χ4n) is 1.49. The van der Waals surface area contributed by atoms with Crippen LogP contribution in [0.25, 0.3) is 0 Å². The van der Waals surface area contributed by atoms with E-state index in [2.05, 4.69) is 11.2 Å². The van der Waals surface area contributed by atoms with Crippen molar-refractivity contribution >= 4 is 11.6 Å². The van der Waals surface area contributed by atoms with Crippen LogP contribution in [0.15, 0.2) is 12.1 Å². The van der Waals surface area contributed by atoms with Gasteiger partial charge in [0.2, 0.25) is 0 Å². The number of halogens is 2. The molecule has 0 fully saturated rings. The second-order valence-corrected chi connectivity index (χ2v) is 3.81. The standard InChI is InChI=1S/C13H14F2N2O/c1-3-5-8(4-2)17-13(18)11-9(14)6-7-10(16)12(11)15/h2,6-8H,3,5,16H2,1H3,(H,17,18). The zero-order valence-corrected chi connectivity index (χ0v) is 9.97. The molecule has 1 amide bonds. The molecule has 18 heavy (non-hydrogen) atoms. The van der Waals surface area contributed by atoms with Gasteiger partial charge in [0.1, 0.15) is 11.4 Å². The third-order valence-electron chi connectivity index (χ3n) is 2.43. The molecule has 0 heterocycles. The van der Waals surface area contributed by atoms with Gasteiger partial charge in [-0.25, -0.2) is 8.78 Å². The summed E-state index contributed by atoms with van der Waals surface area (Å²) in [6.45, 7) is 1.89. The summed E-state index contributed by atoms with van der Waals surface area (Å²) >= 11 is 0. The van der Waals surface area contributed by atoms with Crippen LogP contribution in [0.4, 0.5) is 14.5 Å². The van der Waals surface area contributed by atoms with Gasteiger partial charge < -0.3 is 11.1 Å². The van der Waals surface area contributed by atoms with Crippen molar-refractivity contribution in [1.29, 1.82) is 0 Å². The van der Waals surface area contributed by atoms with Gasteiger partial charge >= 0.3 is 0 Å². The third kappa shape index (κ3) is 2.98. The summed E-state index contributed by atoms with van der Waals surface area (Å²) in [4.78, 5) is 11.7. The molecule has 1 unspecified atom stereocenters. The smallest absolute Gasteiger partial charge is 0.258 e. The summed E-state index contributed by atoms with van der Waals surface area (Å²) in [5, 5.41) is 2.38. The molecule has 1 rings (SSSR count). The van der Waals surface area contributed by atoms with Crippen LogP contribution in [0.1, 0.15) is 30.1 Å². The predicted molar refractivity (Wildman–Crippen MR) is 65.8 cm³/mol. The van der Waals surface area contributed by atoms with Crippen molar-refractivity contribution in [1.82, 2.24) is 5.32 Å². The van der Waals surface area contributed by atoms with Gasteiger partial charge in [0.05, 0.1) is 11.7 Å². The molecule has 0 bridgehead atoms. The van der Waals surface area contributed by atoms with Crippen molar-refractivity contribution in [2.45, 2.75) is 25.8 Å². The minimum atomic E-state index is -1.07. The quantitative estimate of drug-likeness (QED) is 0.636. The Hall–Kier alpha value is -2.09. The average molecular weight is 252 g/mol. The molecule has 1 aromatic rings. The number of nitrogens with two attached hydrogens (primary N) is 1. The lowest BCUT2D eigenvalue weighted by atomic mass is 10.1. The van der Waals surface area contributed by atoms with Crippen LogP contribution in [0.3, 0.4) is 0 Å². The number of carbonyl (C=O) groups excluding carboxylic acids is 1. The highest BCUT2D eigenvalue weighted by Crippen LogP contribution is 2.18. The molecule has 3 nitrogen and oxygen atoms in total. The molecule has 0 saturated heterocycles. The maximum atomic E-state index is 13.6. The summed E-state index contributed by atoms with van der Waals surface area (Å²) in [7, 11) is 0. The third-order valence-corrected chi connectivity index (χ3v) is 2.43. The van der Waals surface area contributed by atoms with E-state index in [1.807, 2.05) is 6.92 Å². The van der Waals surface area contributed by atoms with Gasteiger partial charge in [-0.1, -0.05) is 19.3 Å². The van der Waals surface area contributed by atoms with Crippen LogP contribution in [-0.2, 0) is 0 Å². The molecule has 0 spiro atoms. The summed E-state index contributed by atoms with van der Waals surface area (Å²) in [6.07, 6.45) is 6.50. The first-order valence-electron chi connectivity index (χ1n) is 5.51. The minimum absolute atomic E-state index is 0.283. The number of carbonyl (C=O) groups is 1. The zero-order valence-electron chi connectivity index (χ0n) is 9.97. The van der Waals surface area contributed by atoms with Gasteiger partial charge in [0.15, 0.2) is 5.82 Å². The highest BCUT2D eigenvalue weighted by Gasteiger charge is 2.21. The zero-order chi connectivity index (χ0) is 13.7. The summed E-state index contributed by atoms with van der Waals surface area (Å²) < 4.78 is 27.0. The van der Waals surface area contributed by atoms with Crippen LogP contribution in [0.5, 0.6) is 0 Å². The van der Waals surface area contributed by atoms with Crippen LogP contribution in [0, 0.1) is 24.0 Å². The van der Waals surface area contributed by atoms with Gasteiger partial charge in [0.25, 0.3) is 5.91 Å². The van der Waals surface area contributed by atoms with E-state index in [0.29, 0.717) is 6.42 Å². The van der Waals surface area contributed by atoms with Crippen molar-refractivity contribution in [2.75, 3.05) is 5.73 Å². The molecule has 5 heteroatoms. The highest BCUT2D eigenvalue weighted by atomic mass is 19.1. The molecule has 0 saturated carbocycles. The van der Waals surface area contributed by atoms with E-state index in [4.69, 9.17) is 12.2 Å². The first kappa shape index (κ1) is 14.0. The van der Waals surface area contributed by atoms with Crippen molar-refractivity contribution in [3.63, 3.8) is 0 Å². The summed E-state index contributed by atoms with van der Waals surface area (Å²) in [5.74, 6) is -0.582. The molecule has 1 aromatic carbocycles. The van der Waals surface area contributed by atoms with Crippen LogP contribution >= 0.6 is 0 Å². The van der Waals surface area contributed by atoms with Crippen molar-refractivity contribution in [3.8, 4) is 12.3 Å². The summed E-state index contributed by atoms with van der Waals surface area (Å²) in [6, 6.07) is 1.45. The Labute approximate surface area is 104 Å². The lowest BCUT2D eigenvalue weighted by molar-refractivity contribution is 0.0936. The molecule has 96 valence electrons. The Bertz CT molecular complexity index is 494. The van der Waals surface area contributed by atoms with Gasteiger partial charge in [-0.05, 0) is 18.6 Å². The fourth-order valence-corrected chi connectivity index (χ4v) is 1.49. The topological polar surface area (TPSA) is 55.1 Å². The SMILES string of the molecule is C#CC(CCC)NC(=O)c1c(F)ccc(N)c1F. The van der Waals surface area contributed by atoms with E-state index in [9.17, 15) is 13.6 Å². The van der Waals surface area contributed by atoms with E-state index in [-0.39, 0.29) is 5.69 Å². The van der Waals surface area contributed by atoms with Crippen LogP contribution in [0.2, 0.25) is 0 Å². The molecule has 1 atom stereocenters. The van der Waals surface area contributed by atoms with E-state index in [0.717, 1.165) is 18.6 Å². The van der Waals surface area contributed by atoms with Gasteiger partial charge in [-0.3, -0.25) is 4.79 Å². The van der Waals surface area contributed by atoms with Crippen LogP contribution in [-0.4, -0.2) is 11.9 Å². The van der Waals surface area contributed by atoms with E-state index >= 15 is 0 Å². The maximum Gasteiger partial charge on any atom is 0.258 e. The number of anilines is 1. The number of hydrogen-bond donors (Lipinski definition) is 2. The first-order chi connectivity index (χ1) is 8.51. The highest BCUT2D eigenvalue weighted by molar-refractivity contribution is 5.96. The predicted octanol–water partition coefficient (Wildman–Crippen LogP) is 2.08. The lowest BCUT2D eigenvalue weighted by Gasteiger charge is -2.13. The van der Waals surface area contributed by atoms with Crippen molar-refractivity contribution in [3.05, 3.63) is 29.3 Å². The fraction of sp³-hybridized carbons (Fsp3) is 0.308. The first-order valence-corrected chi connectivity index (χ1v) is 5.51. The Morgan fingerprint density at radius 2 is 2.22 bits per heavy atom. The van der Waals surface area contributed by atoms with Gasteiger partial charge in [-0.15, -0.1) is 6.42 Å². The molecule has 0 aromatic heterocycles. The number of amides is 1. The number of rotatable bonds is 4. The van der Waals surface area contributed by atoms with Crippen molar-refractivity contribution in [2.24, 2.45) is 0 Å². The Kier molecular flexibility index (Phi) is 4.67. The summed E-state index contributed by atoms with van der Waals surface area (Å²) in [5.41, 5.74) is 4.30. The molecular weight excluding hydrogens is 238 g/mol. The lowest BCUT2D eigenvalue weighted by Crippen LogP contribution is -2.34. The normalized spacial score (nSPS) is 11.7. The molecule has 0 aliphatic carbocycles. The average Bonchev–Trinajstić information content (AvgIpc) is 2.34. The maximum absolute atomic E-state index is 13.6. The van der Waals surface area contributed by atoms with Gasteiger partial charge in [0, 0.05) is 0 Å². The number of nitrogens with one attached hydrogen (secondary N) is 1. The molecular formula is C13H14F2N2O. The van der Waals surface area contributed by atoms with E-state index in [1.54, 1.807) is 0 Å². The number of nitrogen functional groups attached to an aromatic ring is 1. The number of benzene rings is 1. The number of hydrogen-bond acceptors (Lipinski definition) is 2. The molecule has 3 N–H and O–H groups in total. The Morgan fingerprint density at radius 1 is 1.56 bits per heavy atom. The number of terminal acetylenes is 1. The molecule has 0 aliphatic rings. The van der Waals surface area contributed by atoms with Crippen LogP contribution < -0.4 is 11.1 Å². The minimum Gasteiger partial charge on any atom is -0.396 e. The monoisotopic (exact) mass is 252 g/mol.